The fraction of sp³-hybridized carbons (Fsp3) is 0.455. The van der Waals surface area contributed by atoms with E-state index >= 15 is 0 Å². The molecular weight excluding hydrogens is 196 g/mol. The highest BCUT2D eigenvalue weighted by atomic mass is 16.7. The summed E-state index contributed by atoms with van der Waals surface area (Å²) in [5.74, 6) is -1.02. The molecule has 0 N–H and O–H groups in total. The fourth-order valence-electron chi connectivity index (χ4n) is 1.76. The number of rotatable bonds is 0. The van der Waals surface area contributed by atoms with E-state index in [1.54, 1.807) is 6.08 Å². The van der Waals surface area contributed by atoms with Crippen molar-refractivity contribution in [3.8, 4) is 0 Å². The van der Waals surface area contributed by atoms with E-state index in [9.17, 15) is 9.59 Å². The van der Waals surface area contributed by atoms with Crippen LogP contribution in [-0.4, -0.2) is 23.6 Å². The topological polar surface area (TPSA) is 52.6 Å². The minimum atomic E-state index is -1.27. The van der Waals surface area contributed by atoms with Crippen molar-refractivity contribution in [2.75, 3.05) is 0 Å². The monoisotopic (exact) mass is 208 g/mol. The maximum atomic E-state index is 11.7. The van der Waals surface area contributed by atoms with Gasteiger partial charge in [0.15, 0.2) is 6.10 Å². The molecule has 4 heteroatoms. The smallest absolute Gasteiger partial charge is 0.356 e. The highest BCUT2D eigenvalue weighted by Crippen LogP contribution is 2.36. The molecule has 1 fully saturated rings. The first-order valence-electron chi connectivity index (χ1n) is 4.86. The van der Waals surface area contributed by atoms with Gasteiger partial charge in [-0.05, 0) is 18.9 Å². The van der Waals surface area contributed by atoms with Crippen LogP contribution in [0, 0.1) is 0 Å². The van der Waals surface area contributed by atoms with E-state index in [0.29, 0.717) is 18.4 Å². The van der Waals surface area contributed by atoms with Gasteiger partial charge in [0, 0.05) is 6.42 Å². The van der Waals surface area contributed by atoms with Crippen LogP contribution in [0.4, 0.5) is 0 Å². The molecule has 15 heavy (non-hydrogen) atoms. The van der Waals surface area contributed by atoms with Gasteiger partial charge in [0.1, 0.15) is 0 Å². The summed E-state index contributed by atoms with van der Waals surface area (Å²) >= 11 is 0. The maximum absolute atomic E-state index is 11.7. The zero-order valence-electron chi connectivity index (χ0n) is 8.49. The van der Waals surface area contributed by atoms with Crippen molar-refractivity contribution in [2.24, 2.45) is 0 Å². The summed E-state index contributed by atoms with van der Waals surface area (Å²) in [5, 5.41) is 0. The average Bonchev–Trinajstić information content (AvgIpc) is 2.19. The van der Waals surface area contributed by atoms with Gasteiger partial charge in [-0.2, -0.15) is 0 Å². The summed E-state index contributed by atoms with van der Waals surface area (Å²) in [5.41, 5.74) is -0.780. The Morgan fingerprint density at radius 1 is 1.53 bits per heavy atom. The van der Waals surface area contributed by atoms with E-state index in [1.165, 1.54) is 6.92 Å². The van der Waals surface area contributed by atoms with E-state index in [-0.39, 0.29) is 0 Å². The number of hydrogen-bond donors (Lipinski definition) is 0. The number of hydrogen-bond acceptors (Lipinski definition) is 4. The van der Waals surface area contributed by atoms with Crippen molar-refractivity contribution in [3.63, 3.8) is 0 Å². The summed E-state index contributed by atoms with van der Waals surface area (Å²) in [6.07, 6.45) is 3.87. The Kier molecular flexibility index (Phi) is 2.14. The molecule has 0 amide bonds. The van der Waals surface area contributed by atoms with Gasteiger partial charge in [0.05, 0.1) is 0 Å². The number of allylic oxidation sites excluding steroid dienone is 1. The van der Waals surface area contributed by atoms with E-state index in [2.05, 4.69) is 6.58 Å². The van der Waals surface area contributed by atoms with Crippen molar-refractivity contribution in [2.45, 2.75) is 31.5 Å². The summed E-state index contributed by atoms with van der Waals surface area (Å²) in [6.45, 7) is 5.23. The highest BCUT2D eigenvalue weighted by Gasteiger charge is 2.51. The minimum Gasteiger partial charge on any atom is -0.447 e. The Morgan fingerprint density at radius 3 is 2.93 bits per heavy atom. The van der Waals surface area contributed by atoms with Crippen LogP contribution >= 0.6 is 0 Å². The molecule has 1 heterocycles. The number of carbonyl (C=O) groups excluding carboxylic acids is 2. The van der Waals surface area contributed by atoms with Gasteiger partial charge < -0.3 is 9.47 Å². The lowest BCUT2D eigenvalue weighted by Gasteiger charge is -2.38. The number of ether oxygens (including phenoxy) is 2. The van der Waals surface area contributed by atoms with Crippen LogP contribution in [0.25, 0.3) is 0 Å². The van der Waals surface area contributed by atoms with Crippen LogP contribution in [0.5, 0.6) is 0 Å². The fourth-order valence-corrected chi connectivity index (χ4v) is 1.76. The van der Waals surface area contributed by atoms with Gasteiger partial charge in [-0.25, -0.2) is 9.59 Å². The zero-order chi connectivity index (χ0) is 11.1. The molecule has 1 saturated heterocycles. The molecule has 2 aliphatic rings. The molecule has 0 aromatic rings. The van der Waals surface area contributed by atoms with Crippen LogP contribution in [0.1, 0.15) is 19.8 Å². The lowest BCUT2D eigenvalue weighted by atomic mass is 9.84. The van der Waals surface area contributed by atoms with Crippen LogP contribution < -0.4 is 0 Å². The SMILES string of the molecule is C=C1C=CCCC12OC(=O)[C@H](C)OC2=O. The number of cyclic esters (lactones) is 1. The Bertz CT molecular complexity index is 369. The molecule has 1 spiro atoms. The molecule has 1 unspecified atom stereocenters. The molecule has 80 valence electrons. The van der Waals surface area contributed by atoms with Gasteiger partial charge in [0.25, 0.3) is 0 Å². The summed E-state index contributed by atoms with van der Waals surface area (Å²) in [7, 11) is 0. The molecular formula is C11H12O4. The zero-order valence-corrected chi connectivity index (χ0v) is 8.49. The molecule has 0 radical (unpaired) electrons. The molecule has 4 nitrogen and oxygen atoms in total. The Balaban J connectivity index is 2.35. The van der Waals surface area contributed by atoms with Crippen LogP contribution in [-0.2, 0) is 19.1 Å². The van der Waals surface area contributed by atoms with Crippen molar-refractivity contribution >= 4 is 11.9 Å². The lowest BCUT2D eigenvalue weighted by molar-refractivity contribution is -0.205. The summed E-state index contributed by atoms with van der Waals surface area (Å²) < 4.78 is 10.1. The number of carbonyl (C=O) groups is 2. The highest BCUT2D eigenvalue weighted by molar-refractivity contribution is 5.93. The first-order chi connectivity index (χ1) is 7.06. The van der Waals surface area contributed by atoms with Gasteiger partial charge >= 0.3 is 11.9 Å². The second-order valence-electron chi connectivity index (χ2n) is 3.76. The van der Waals surface area contributed by atoms with Crippen LogP contribution in [0.15, 0.2) is 24.3 Å². The Labute approximate surface area is 87.5 Å². The molecule has 1 aliphatic heterocycles. The normalized spacial score (nSPS) is 35.3. The maximum Gasteiger partial charge on any atom is 0.356 e. The van der Waals surface area contributed by atoms with Gasteiger partial charge in [-0.3, -0.25) is 0 Å². The minimum absolute atomic E-state index is 0.416. The first-order valence-corrected chi connectivity index (χ1v) is 4.86. The van der Waals surface area contributed by atoms with E-state index in [4.69, 9.17) is 9.47 Å². The Morgan fingerprint density at radius 2 is 2.27 bits per heavy atom. The van der Waals surface area contributed by atoms with Gasteiger partial charge in [0.2, 0.25) is 5.60 Å². The average molecular weight is 208 g/mol. The van der Waals surface area contributed by atoms with Crippen molar-refractivity contribution in [1.82, 2.24) is 0 Å². The van der Waals surface area contributed by atoms with Crippen molar-refractivity contribution < 1.29 is 19.1 Å². The standard InChI is InChI=1S/C11H12O4/c1-7-5-3-4-6-11(7)10(13)14-8(2)9(12)15-11/h3,5,8H,1,4,6H2,2H3/t8-,11?/m0/s1. The van der Waals surface area contributed by atoms with Gasteiger partial charge in [-0.1, -0.05) is 18.7 Å². The molecule has 0 aromatic heterocycles. The third-order valence-electron chi connectivity index (χ3n) is 2.72. The van der Waals surface area contributed by atoms with E-state index in [1.807, 2.05) is 6.08 Å². The molecule has 0 bridgehead atoms. The third-order valence-corrected chi connectivity index (χ3v) is 2.72. The Hall–Kier alpha value is -1.58. The molecule has 0 aromatic carbocycles. The predicted octanol–water partition coefficient (Wildman–Crippen LogP) is 1.12. The summed E-state index contributed by atoms with van der Waals surface area (Å²) in [4.78, 5) is 23.1. The summed E-state index contributed by atoms with van der Waals surface area (Å²) in [6, 6.07) is 0. The van der Waals surface area contributed by atoms with E-state index < -0.39 is 23.6 Å². The van der Waals surface area contributed by atoms with Crippen molar-refractivity contribution in [3.05, 3.63) is 24.3 Å². The van der Waals surface area contributed by atoms with Crippen molar-refractivity contribution in [1.29, 1.82) is 0 Å². The first kappa shape index (κ1) is 9.96. The van der Waals surface area contributed by atoms with E-state index in [0.717, 1.165) is 0 Å². The molecule has 2 rings (SSSR count). The quantitative estimate of drug-likeness (QED) is 0.560. The molecule has 0 saturated carbocycles. The molecule has 1 aliphatic carbocycles. The molecule has 2 atom stereocenters. The third kappa shape index (κ3) is 1.37. The lowest BCUT2D eigenvalue weighted by Crippen LogP contribution is -2.54. The predicted molar refractivity (Wildman–Crippen MR) is 51.9 cm³/mol. The second-order valence-corrected chi connectivity index (χ2v) is 3.76. The largest absolute Gasteiger partial charge is 0.447 e. The number of esters is 2. The van der Waals surface area contributed by atoms with Crippen LogP contribution in [0.2, 0.25) is 0 Å². The van der Waals surface area contributed by atoms with Crippen LogP contribution in [0.3, 0.4) is 0 Å². The van der Waals surface area contributed by atoms with Gasteiger partial charge in [-0.15, -0.1) is 0 Å². The second kappa shape index (κ2) is 3.22.